The summed E-state index contributed by atoms with van der Waals surface area (Å²) in [5.41, 5.74) is 3.12. The van der Waals surface area contributed by atoms with Crippen molar-refractivity contribution >= 4 is 39.1 Å². The minimum absolute atomic E-state index is 0.169. The smallest absolute Gasteiger partial charge is 0.293 e. The average Bonchev–Trinajstić information content (AvgIpc) is 3.22. The lowest BCUT2D eigenvalue weighted by Crippen LogP contribution is -2.35. The minimum Gasteiger partial charge on any atom is -0.459 e. The Morgan fingerprint density at radius 1 is 1.07 bits per heavy atom. The lowest BCUT2D eigenvalue weighted by Gasteiger charge is -2.29. The fourth-order valence-electron chi connectivity index (χ4n) is 3.20. The molecule has 1 aliphatic rings. The second-order valence-electron chi connectivity index (χ2n) is 6.34. The van der Waals surface area contributed by atoms with Gasteiger partial charge in [-0.3, -0.25) is 9.59 Å². The normalized spacial score (nSPS) is 13.1. The Kier molecular flexibility index (Phi) is 4.81. The topological polar surface area (TPSA) is 62.6 Å². The second kappa shape index (κ2) is 7.40. The third-order valence-corrected chi connectivity index (χ3v) is 5.07. The number of amides is 2. The van der Waals surface area contributed by atoms with Crippen molar-refractivity contribution < 1.29 is 14.0 Å². The Morgan fingerprint density at radius 2 is 1.89 bits per heavy atom. The molecule has 4 rings (SSSR count). The van der Waals surface area contributed by atoms with Gasteiger partial charge in [-0.15, -0.1) is 0 Å². The van der Waals surface area contributed by atoms with Crippen molar-refractivity contribution in [3.05, 3.63) is 82.2 Å². The number of rotatable bonds is 3. The van der Waals surface area contributed by atoms with Crippen LogP contribution in [0.1, 0.15) is 32.9 Å². The number of anilines is 2. The van der Waals surface area contributed by atoms with Gasteiger partial charge < -0.3 is 14.6 Å². The van der Waals surface area contributed by atoms with Gasteiger partial charge in [-0.25, -0.2) is 0 Å². The van der Waals surface area contributed by atoms with Gasteiger partial charge in [0.1, 0.15) is 0 Å². The molecule has 0 spiro atoms. The summed E-state index contributed by atoms with van der Waals surface area (Å²) in [7, 11) is 0. The lowest BCUT2D eigenvalue weighted by molar-refractivity contribution is 0.0958. The van der Waals surface area contributed by atoms with E-state index in [0.717, 1.165) is 28.6 Å². The number of nitrogens with one attached hydrogen (secondary N) is 1. The zero-order valence-electron chi connectivity index (χ0n) is 14.4. The summed E-state index contributed by atoms with van der Waals surface area (Å²) in [6.45, 7) is 0.622. The Labute approximate surface area is 165 Å². The van der Waals surface area contributed by atoms with Crippen LogP contribution in [0.4, 0.5) is 11.4 Å². The van der Waals surface area contributed by atoms with E-state index in [2.05, 4.69) is 21.2 Å². The van der Waals surface area contributed by atoms with E-state index in [1.54, 1.807) is 29.2 Å². The van der Waals surface area contributed by atoms with Crippen LogP contribution < -0.4 is 10.2 Å². The van der Waals surface area contributed by atoms with Crippen LogP contribution in [-0.4, -0.2) is 18.4 Å². The molecular formula is C21H17BrN2O3. The molecule has 1 N–H and O–H groups in total. The van der Waals surface area contributed by atoms with Crippen molar-refractivity contribution in [2.75, 3.05) is 16.8 Å². The molecule has 136 valence electrons. The molecule has 0 fully saturated rings. The standard InChI is InChI=1S/C21H17BrN2O3/c22-16-8-5-15(6-9-16)20(25)23-17-10-7-14-3-1-11-24(18(14)13-17)21(26)19-4-2-12-27-19/h2,4-10,12-13H,1,3,11H2,(H,23,25). The van der Waals surface area contributed by atoms with Gasteiger partial charge in [-0.05, 0) is 66.9 Å². The molecule has 0 atom stereocenters. The minimum atomic E-state index is -0.192. The number of hydrogen-bond donors (Lipinski definition) is 1. The van der Waals surface area contributed by atoms with Crippen LogP contribution in [0.2, 0.25) is 0 Å². The van der Waals surface area contributed by atoms with Crippen LogP contribution >= 0.6 is 15.9 Å². The highest BCUT2D eigenvalue weighted by molar-refractivity contribution is 9.10. The Morgan fingerprint density at radius 3 is 2.63 bits per heavy atom. The van der Waals surface area contributed by atoms with Gasteiger partial charge >= 0.3 is 0 Å². The lowest BCUT2D eigenvalue weighted by atomic mass is 10.0. The summed E-state index contributed by atoms with van der Waals surface area (Å²) >= 11 is 3.36. The summed E-state index contributed by atoms with van der Waals surface area (Å²) < 4.78 is 6.18. The molecule has 0 saturated carbocycles. The number of aryl methyl sites for hydroxylation is 1. The number of benzene rings is 2. The molecule has 0 bridgehead atoms. The first kappa shape index (κ1) is 17.5. The van der Waals surface area contributed by atoms with E-state index in [-0.39, 0.29) is 11.8 Å². The number of hydrogen-bond acceptors (Lipinski definition) is 3. The number of carbonyl (C=O) groups excluding carboxylic acids is 2. The highest BCUT2D eigenvalue weighted by atomic mass is 79.9. The monoisotopic (exact) mass is 424 g/mol. The van der Waals surface area contributed by atoms with Crippen LogP contribution in [0, 0.1) is 0 Å². The second-order valence-corrected chi connectivity index (χ2v) is 7.26. The maximum absolute atomic E-state index is 12.8. The van der Waals surface area contributed by atoms with Gasteiger partial charge in [0.25, 0.3) is 11.8 Å². The van der Waals surface area contributed by atoms with Gasteiger partial charge in [0.15, 0.2) is 5.76 Å². The highest BCUT2D eigenvalue weighted by Gasteiger charge is 2.25. The maximum Gasteiger partial charge on any atom is 0.293 e. The van der Waals surface area contributed by atoms with Crippen molar-refractivity contribution in [3.63, 3.8) is 0 Å². The molecule has 0 unspecified atom stereocenters. The van der Waals surface area contributed by atoms with Crippen molar-refractivity contribution in [3.8, 4) is 0 Å². The zero-order valence-corrected chi connectivity index (χ0v) is 16.0. The molecule has 0 saturated heterocycles. The Balaban J connectivity index is 1.60. The summed E-state index contributed by atoms with van der Waals surface area (Å²) in [5, 5.41) is 2.91. The average molecular weight is 425 g/mol. The number of carbonyl (C=O) groups is 2. The predicted molar refractivity (Wildman–Crippen MR) is 107 cm³/mol. The largest absolute Gasteiger partial charge is 0.459 e. The molecule has 2 aromatic carbocycles. The van der Waals surface area contributed by atoms with E-state index in [4.69, 9.17) is 4.42 Å². The number of fused-ring (bicyclic) bond motifs is 1. The summed E-state index contributed by atoms with van der Waals surface area (Å²) in [4.78, 5) is 26.9. The first-order chi connectivity index (χ1) is 13.1. The molecule has 5 nitrogen and oxygen atoms in total. The van der Waals surface area contributed by atoms with Crippen molar-refractivity contribution in [2.24, 2.45) is 0 Å². The predicted octanol–water partition coefficient (Wildman–Crippen LogP) is 4.89. The Hall–Kier alpha value is -2.86. The van der Waals surface area contributed by atoms with Gasteiger partial charge in [-0.1, -0.05) is 22.0 Å². The van der Waals surface area contributed by atoms with E-state index >= 15 is 0 Å². The van der Waals surface area contributed by atoms with Crippen LogP contribution in [-0.2, 0) is 6.42 Å². The summed E-state index contributed by atoms with van der Waals surface area (Å²) in [6.07, 6.45) is 3.29. The summed E-state index contributed by atoms with van der Waals surface area (Å²) in [5.74, 6) is -0.0494. The molecule has 2 amide bonds. The van der Waals surface area contributed by atoms with E-state index in [1.165, 1.54) is 6.26 Å². The maximum atomic E-state index is 12.8. The zero-order chi connectivity index (χ0) is 18.8. The van der Waals surface area contributed by atoms with Crippen LogP contribution in [0.5, 0.6) is 0 Å². The highest BCUT2D eigenvalue weighted by Crippen LogP contribution is 2.31. The van der Waals surface area contributed by atoms with Crippen LogP contribution in [0.3, 0.4) is 0 Å². The first-order valence-electron chi connectivity index (χ1n) is 8.67. The van der Waals surface area contributed by atoms with Gasteiger partial charge in [-0.2, -0.15) is 0 Å². The molecule has 2 heterocycles. The van der Waals surface area contributed by atoms with Crippen molar-refractivity contribution in [2.45, 2.75) is 12.8 Å². The summed E-state index contributed by atoms with van der Waals surface area (Å²) in [6, 6.07) is 16.2. The van der Waals surface area contributed by atoms with E-state index < -0.39 is 0 Å². The van der Waals surface area contributed by atoms with Crippen LogP contribution in [0.15, 0.2) is 69.8 Å². The molecule has 0 aliphatic carbocycles. The number of halogens is 1. The SMILES string of the molecule is O=C(Nc1ccc2c(c1)N(C(=O)c1ccco1)CCC2)c1ccc(Br)cc1. The number of nitrogens with zero attached hydrogens (tertiary/aromatic N) is 1. The van der Waals surface area contributed by atoms with Gasteiger partial charge in [0.05, 0.1) is 6.26 Å². The molecular weight excluding hydrogens is 408 g/mol. The van der Waals surface area contributed by atoms with Crippen molar-refractivity contribution in [1.82, 2.24) is 0 Å². The molecule has 1 aliphatic heterocycles. The molecule has 1 aromatic heterocycles. The molecule has 27 heavy (non-hydrogen) atoms. The van der Waals surface area contributed by atoms with Gasteiger partial charge in [0.2, 0.25) is 0 Å². The van der Waals surface area contributed by atoms with E-state index in [1.807, 2.05) is 30.3 Å². The third kappa shape index (κ3) is 3.66. The first-order valence-corrected chi connectivity index (χ1v) is 9.46. The van der Waals surface area contributed by atoms with E-state index in [9.17, 15) is 9.59 Å². The Bertz CT molecular complexity index is 981. The fourth-order valence-corrected chi connectivity index (χ4v) is 3.47. The van der Waals surface area contributed by atoms with E-state index in [0.29, 0.717) is 23.6 Å². The molecule has 3 aromatic rings. The fraction of sp³-hybridized carbons (Fsp3) is 0.143. The quantitative estimate of drug-likeness (QED) is 0.650. The van der Waals surface area contributed by atoms with Crippen LogP contribution in [0.25, 0.3) is 0 Å². The third-order valence-electron chi connectivity index (χ3n) is 4.55. The molecule has 0 radical (unpaired) electrons. The number of furan rings is 1. The van der Waals surface area contributed by atoms with Gasteiger partial charge in [0, 0.05) is 28.0 Å². The molecule has 6 heteroatoms. The van der Waals surface area contributed by atoms with Crippen molar-refractivity contribution in [1.29, 1.82) is 0 Å².